The molecular formula is C17H17FN4O4. The zero-order valence-corrected chi connectivity index (χ0v) is 14.7. The van der Waals surface area contributed by atoms with E-state index in [4.69, 9.17) is 9.47 Å². The van der Waals surface area contributed by atoms with Crippen LogP contribution >= 0.6 is 0 Å². The van der Waals surface area contributed by atoms with Crippen molar-refractivity contribution in [2.24, 2.45) is 0 Å². The summed E-state index contributed by atoms with van der Waals surface area (Å²) in [6, 6.07) is 4.26. The molecule has 9 heteroatoms. The van der Waals surface area contributed by atoms with Crippen LogP contribution in [-0.4, -0.2) is 34.6 Å². The Morgan fingerprint density at radius 3 is 2.62 bits per heavy atom. The van der Waals surface area contributed by atoms with Gasteiger partial charge in [0.1, 0.15) is 17.0 Å². The number of imide groups is 1. The molecule has 0 saturated carbocycles. The van der Waals surface area contributed by atoms with Gasteiger partial charge in [0.15, 0.2) is 0 Å². The van der Waals surface area contributed by atoms with E-state index in [1.54, 1.807) is 32.0 Å². The van der Waals surface area contributed by atoms with Crippen molar-refractivity contribution in [3.63, 3.8) is 0 Å². The number of ether oxygens (including phenoxy) is 2. The van der Waals surface area contributed by atoms with Gasteiger partial charge in [-0.3, -0.25) is 4.79 Å². The molecule has 1 aromatic heterocycles. The van der Waals surface area contributed by atoms with Crippen LogP contribution < -0.4 is 19.7 Å². The zero-order valence-electron chi connectivity index (χ0n) is 14.7. The van der Waals surface area contributed by atoms with Gasteiger partial charge in [0.2, 0.25) is 11.8 Å². The topological polar surface area (TPSA) is 93.7 Å². The zero-order chi connectivity index (χ0) is 19.1. The molecule has 2 heterocycles. The number of nitrogens with zero attached hydrogens (tertiary/aromatic N) is 3. The lowest BCUT2D eigenvalue weighted by atomic mass is 10.1. The number of nitrogens with one attached hydrogen (secondary N) is 1. The Balaban J connectivity index is 1.94. The highest BCUT2D eigenvalue weighted by Crippen LogP contribution is 2.30. The third-order valence-electron chi connectivity index (χ3n) is 3.85. The average Bonchev–Trinajstić information content (AvgIpc) is 2.79. The maximum absolute atomic E-state index is 14.1. The van der Waals surface area contributed by atoms with E-state index < -0.39 is 29.2 Å². The van der Waals surface area contributed by atoms with Gasteiger partial charge in [-0.05, 0) is 32.4 Å². The predicted molar refractivity (Wildman–Crippen MR) is 89.9 cm³/mol. The SMILES string of the molecule is COc1cc(Oc2nc(N3C(=O)NC(C)(C)C3=O)ncc2F)ccc1C. The van der Waals surface area contributed by atoms with E-state index in [0.29, 0.717) is 5.75 Å². The van der Waals surface area contributed by atoms with E-state index in [0.717, 1.165) is 16.7 Å². The van der Waals surface area contributed by atoms with Gasteiger partial charge in [0, 0.05) is 6.07 Å². The first-order valence-corrected chi connectivity index (χ1v) is 7.74. The predicted octanol–water partition coefficient (Wildman–Crippen LogP) is 2.56. The quantitative estimate of drug-likeness (QED) is 0.842. The standard InChI is InChI=1S/C17H17FN4O4/c1-9-5-6-10(7-12(9)25-4)26-13-11(18)8-19-15(20-13)22-14(23)17(2,3)21-16(22)24/h5-8H,1-4H3,(H,21,24). The van der Waals surface area contributed by atoms with E-state index in [2.05, 4.69) is 15.3 Å². The van der Waals surface area contributed by atoms with Crippen molar-refractivity contribution in [1.82, 2.24) is 15.3 Å². The number of benzene rings is 1. The summed E-state index contributed by atoms with van der Waals surface area (Å²) in [6.07, 6.45) is 0.842. The molecule has 0 aliphatic carbocycles. The van der Waals surface area contributed by atoms with Crippen molar-refractivity contribution >= 4 is 17.9 Å². The molecule has 136 valence electrons. The number of carbonyl (C=O) groups excluding carboxylic acids is 2. The fourth-order valence-electron chi connectivity index (χ4n) is 2.43. The number of carbonyl (C=O) groups is 2. The molecule has 0 bridgehead atoms. The third-order valence-corrected chi connectivity index (χ3v) is 3.85. The fourth-order valence-corrected chi connectivity index (χ4v) is 2.43. The van der Waals surface area contributed by atoms with Gasteiger partial charge < -0.3 is 14.8 Å². The van der Waals surface area contributed by atoms with Crippen LogP contribution in [0.15, 0.2) is 24.4 Å². The Kier molecular flexibility index (Phi) is 4.23. The monoisotopic (exact) mass is 360 g/mol. The number of rotatable bonds is 4. The second-order valence-corrected chi connectivity index (χ2v) is 6.25. The van der Waals surface area contributed by atoms with Crippen molar-refractivity contribution < 1.29 is 23.5 Å². The van der Waals surface area contributed by atoms with Gasteiger partial charge in [-0.15, -0.1) is 0 Å². The summed E-state index contributed by atoms with van der Waals surface area (Å²) in [6.45, 7) is 4.95. The van der Waals surface area contributed by atoms with Crippen molar-refractivity contribution in [2.75, 3.05) is 12.0 Å². The van der Waals surface area contributed by atoms with Gasteiger partial charge in [-0.1, -0.05) is 6.07 Å². The molecule has 1 saturated heterocycles. The molecule has 26 heavy (non-hydrogen) atoms. The number of halogens is 1. The minimum Gasteiger partial charge on any atom is -0.496 e. The molecule has 0 spiro atoms. The lowest BCUT2D eigenvalue weighted by molar-refractivity contribution is -0.121. The van der Waals surface area contributed by atoms with Gasteiger partial charge in [-0.25, -0.2) is 9.78 Å². The maximum atomic E-state index is 14.1. The summed E-state index contributed by atoms with van der Waals surface area (Å²) in [4.78, 5) is 32.7. The van der Waals surface area contributed by atoms with Crippen LogP contribution in [0.25, 0.3) is 0 Å². The smallest absolute Gasteiger partial charge is 0.332 e. The number of aryl methyl sites for hydroxylation is 1. The molecule has 1 N–H and O–H groups in total. The van der Waals surface area contributed by atoms with E-state index >= 15 is 0 Å². The number of amides is 3. The Labute approximate surface area is 149 Å². The van der Waals surface area contributed by atoms with Crippen LogP contribution in [0.1, 0.15) is 19.4 Å². The first kappa shape index (κ1) is 17.6. The van der Waals surface area contributed by atoms with Gasteiger partial charge >= 0.3 is 6.03 Å². The molecule has 0 unspecified atom stereocenters. The number of hydrogen-bond donors (Lipinski definition) is 1. The molecule has 1 aromatic carbocycles. The van der Waals surface area contributed by atoms with Crippen LogP contribution in [-0.2, 0) is 4.79 Å². The van der Waals surface area contributed by atoms with Crippen LogP contribution in [0, 0.1) is 12.7 Å². The fraction of sp³-hybridized carbons (Fsp3) is 0.294. The van der Waals surface area contributed by atoms with Crippen molar-refractivity contribution in [2.45, 2.75) is 26.3 Å². The van der Waals surface area contributed by atoms with Gasteiger partial charge in [0.05, 0.1) is 13.3 Å². The second kappa shape index (κ2) is 6.25. The van der Waals surface area contributed by atoms with E-state index in [9.17, 15) is 14.0 Å². The largest absolute Gasteiger partial charge is 0.496 e. The Hall–Kier alpha value is -3.23. The summed E-state index contributed by atoms with van der Waals surface area (Å²) in [5.41, 5.74) is -0.217. The maximum Gasteiger partial charge on any atom is 0.332 e. The molecule has 8 nitrogen and oxygen atoms in total. The van der Waals surface area contributed by atoms with Crippen molar-refractivity contribution in [3.8, 4) is 17.4 Å². The summed E-state index contributed by atoms with van der Waals surface area (Å²) in [5.74, 6) is -1.21. The molecular weight excluding hydrogens is 343 g/mol. The van der Waals surface area contributed by atoms with Gasteiger partial charge in [0.25, 0.3) is 11.8 Å². The number of anilines is 1. The minimum atomic E-state index is -1.10. The molecule has 3 rings (SSSR count). The highest BCUT2D eigenvalue weighted by atomic mass is 19.1. The van der Waals surface area contributed by atoms with E-state index in [1.807, 2.05) is 6.92 Å². The summed E-state index contributed by atoms with van der Waals surface area (Å²) < 4.78 is 24.7. The molecule has 0 radical (unpaired) electrons. The molecule has 0 atom stereocenters. The number of hydrogen-bond acceptors (Lipinski definition) is 6. The van der Waals surface area contributed by atoms with E-state index in [1.165, 1.54) is 7.11 Å². The molecule has 1 aliphatic heterocycles. The Morgan fingerprint density at radius 2 is 2.00 bits per heavy atom. The molecule has 2 aromatic rings. The normalized spacial score (nSPS) is 15.8. The van der Waals surface area contributed by atoms with E-state index in [-0.39, 0.29) is 11.7 Å². The van der Waals surface area contributed by atoms with Crippen LogP contribution in [0.4, 0.5) is 15.1 Å². The van der Waals surface area contributed by atoms with Crippen LogP contribution in [0.5, 0.6) is 17.4 Å². The lowest BCUT2D eigenvalue weighted by Crippen LogP contribution is -2.40. The van der Waals surface area contributed by atoms with Crippen LogP contribution in [0.3, 0.4) is 0 Å². The minimum absolute atomic E-state index is 0.270. The molecule has 1 aliphatic rings. The Bertz CT molecular complexity index is 900. The highest BCUT2D eigenvalue weighted by Gasteiger charge is 2.46. The first-order valence-electron chi connectivity index (χ1n) is 7.74. The first-order chi connectivity index (χ1) is 12.2. The molecule has 1 fully saturated rings. The van der Waals surface area contributed by atoms with Crippen molar-refractivity contribution in [3.05, 3.63) is 35.8 Å². The van der Waals surface area contributed by atoms with Crippen molar-refractivity contribution in [1.29, 1.82) is 0 Å². The highest BCUT2D eigenvalue weighted by molar-refractivity contribution is 6.22. The van der Waals surface area contributed by atoms with Gasteiger partial charge in [-0.2, -0.15) is 14.3 Å². The number of urea groups is 1. The summed E-state index contributed by atoms with van der Waals surface area (Å²) in [7, 11) is 1.51. The number of aromatic nitrogens is 2. The summed E-state index contributed by atoms with van der Waals surface area (Å²) >= 11 is 0. The molecule has 3 amide bonds. The summed E-state index contributed by atoms with van der Waals surface area (Å²) in [5, 5.41) is 2.50. The lowest BCUT2D eigenvalue weighted by Gasteiger charge is -2.15. The van der Waals surface area contributed by atoms with Crippen LogP contribution in [0.2, 0.25) is 0 Å². The number of methoxy groups -OCH3 is 1. The Morgan fingerprint density at radius 1 is 1.27 bits per heavy atom. The second-order valence-electron chi connectivity index (χ2n) is 6.25. The average molecular weight is 360 g/mol. The third kappa shape index (κ3) is 3.03.